The van der Waals surface area contributed by atoms with Gasteiger partial charge in [-0.15, -0.1) is 10.2 Å². The number of pyridine rings is 1. The van der Waals surface area contributed by atoms with Gasteiger partial charge in [0.15, 0.2) is 0 Å². The molecule has 0 N–H and O–H groups in total. The third-order valence-electron chi connectivity index (χ3n) is 3.45. The van der Waals surface area contributed by atoms with E-state index >= 15 is 0 Å². The van der Waals surface area contributed by atoms with Gasteiger partial charge in [0.25, 0.3) is 5.89 Å². The maximum atomic E-state index is 12.5. The quantitative estimate of drug-likeness (QED) is 0.607. The number of aromatic nitrogens is 3. The van der Waals surface area contributed by atoms with Crippen LogP contribution < -0.4 is 14.2 Å². The summed E-state index contributed by atoms with van der Waals surface area (Å²) in [4.78, 5) is 14.7. The summed E-state index contributed by atoms with van der Waals surface area (Å²) in [6.07, 6.45) is -4.02. The Labute approximate surface area is 155 Å². The fourth-order valence-corrected chi connectivity index (χ4v) is 2.16. The molecule has 1 aromatic carbocycles. The Morgan fingerprint density at radius 3 is 2.29 bits per heavy atom. The summed E-state index contributed by atoms with van der Waals surface area (Å²) in [5.74, 6) is -2.22. The van der Waals surface area contributed by atoms with E-state index in [1.54, 1.807) is 18.2 Å². The largest absolute Gasteiger partial charge is 0.497 e. The van der Waals surface area contributed by atoms with Crippen molar-refractivity contribution in [3.63, 3.8) is 0 Å². The van der Waals surface area contributed by atoms with E-state index in [-0.39, 0.29) is 17.3 Å². The van der Waals surface area contributed by atoms with Gasteiger partial charge in [0.1, 0.15) is 17.1 Å². The number of nitrogens with zero attached hydrogens (tertiary/aromatic N) is 3. The van der Waals surface area contributed by atoms with Crippen LogP contribution in [0, 0.1) is 0 Å². The lowest BCUT2D eigenvalue weighted by Gasteiger charge is -2.08. The van der Waals surface area contributed by atoms with Crippen molar-refractivity contribution in [1.82, 2.24) is 15.2 Å². The van der Waals surface area contributed by atoms with Crippen LogP contribution in [0.25, 0.3) is 22.9 Å². The summed E-state index contributed by atoms with van der Waals surface area (Å²) in [7, 11) is 2.93. The zero-order valence-electron chi connectivity index (χ0n) is 14.5. The molecule has 28 heavy (non-hydrogen) atoms. The second-order valence-corrected chi connectivity index (χ2v) is 5.26. The standard InChI is InChI=1S/C17H12F3N3O5/c1-25-10-6-9(7-11(8-10)26-2)13-22-23-15(27-13)12-4-3-5-21-14(12)28-16(24)17(18,19)20/h3-8H,1-2H3. The molecule has 0 aliphatic rings. The van der Waals surface area contributed by atoms with Crippen LogP contribution in [0.3, 0.4) is 0 Å². The van der Waals surface area contributed by atoms with Crippen LogP contribution in [-0.2, 0) is 4.79 Å². The first kappa shape index (κ1) is 19.1. The van der Waals surface area contributed by atoms with Crippen molar-refractivity contribution in [3.05, 3.63) is 36.5 Å². The Morgan fingerprint density at radius 1 is 1.04 bits per heavy atom. The van der Waals surface area contributed by atoms with Crippen LogP contribution >= 0.6 is 0 Å². The summed E-state index contributed by atoms with van der Waals surface area (Å²) in [6.45, 7) is 0. The molecule has 11 heteroatoms. The number of ether oxygens (including phenoxy) is 3. The van der Waals surface area contributed by atoms with Gasteiger partial charge >= 0.3 is 12.1 Å². The molecular weight excluding hydrogens is 383 g/mol. The Balaban J connectivity index is 1.96. The zero-order chi connectivity index (χ0) is 20.3. The molecular formula is C17H12F3N3O5. The van der Waals surface area contributed by atoms with Crippen LogP contribution in [0.1, 0.15) is 0 Å². The lowest BCUT2D eigenvalue weighted by molar-refractivity contribution is -0.189. The molecule has 3 rings (SSSR count). The number of halogens is 3. The van der Waals surface area contributed by atoms with Crippen molar-refractivity contribution in [2.24, 2.45) is 0 Å². The van der Waals surface area contributed by atoms with Gasteiger partial charge in [-0.05, 0) is 24.3 Å². The number of alkyl halides is 3. The predicted octanol–water partition coefficient (Wildman–Crippen LogP) is 3.28. The Morgan fingerprint density at radius 2 is 1.68 bits per heavy atom. The molecule has 0 spiro atoms. The molecule has 0 saturated carbocycles. The van der Waals surface area contributed by atoms with Crippen molar-refractivity contribution in [1.29, 1.82) is 0 Å². The van der Waals surface area contributed by atoms with E-state index < -0.39 is 18.0 Å². The minimum absolute atomic E-state index is 0.0455. The van der Waals surface area contributed by atoms with Gasteiger partial charge in [0, 0.05) is 17.8 Å². The molecule has 0 aliphatic heterocycles. The first-order valence-electron chi connectivity index (χ1n) is 7.63. The molecule has 0 aliphatic carbocycles. The highest BCUT2D eigenvalue weighted by molar-refractivity contribution is 5.79. The zero-order valence-corrected chi connectivity index (χ0v) is 14.5. The first-order chi connectivity index (χ1) is 13.3. The molecule has 2 aromatic heterocycles. The van der Waals surface area contributed by atoms with E-state index in [2.05, 4.69) is 19.9 Å². The van der Waals surface area contributed by atoms with Crippen molar-refractivity contribution < 1.29 is 36.6 Å². The summed E-state index contributed by atoms with van der Waals surface area (Å²) in [6, 6.07) is 7.59. The summed E-state index contributed by atoms with van der Waals surface area (Å²) < 4.78 is 57.5. The molecule has 2 heterocycles. The topological polar surface area (TPSA) is 96.6 Å². The number of benzene rings is 1. The highest BCUT2D eigenvalue weighted by Gasteiger charge is 2.42. The van der Waals surface area contributed by atoms with Gasteiger partial charge in [0.05, 0.1) is 14.2 Å². The van der Waals surface area contributed by atoms with Crippen LogP contribution in [0.2, 0.25) is 0 Å². The number of hydrogen-bond acceptors (Lipinski definition) is 8. The number of carbonyl (C=O) groups excluding carboxylic acids is 1. The molecule has 0 saturated heterocycles. The Kier molecular flexibility index (Phi) is 5.16. The van der Waals surface area contributed by atoms with Crippen molar-refractivity contribution in [2.75, 3.05) is 14.2 Å². The molecule has 0 bridgehead atoms. The highest BCUT2D eigenvalue weighted by Crippen LogP contribution is 2.33. The van der Waals surface area contributed by atoms with Crippen molar-refractivity contribution in [3.8, 4) is 40.3 Å². The molecule has 0 amide bonds. The normalized spacial score (nSPS) is 11.2. The van der Waals surface area contributed by atoms with Crippen LogP contribution in [0.4, 0.5) is 13.2 Å². The molecule has 3 aromatic rings. The van der Waals surface area contributed by atoms with Crippen LogP contribution in [0.15, 0.2) is 40.9 Å². The molecule has 8 nitrogen and oxygen atoms in total. The van der Waals surface area contributed by atoms with Gasteiger partial charge in [-0.3, -0.25) is 0 Å². The summed E-state index contributed by atoms with van der Waals surface area (Å²) in [5, 5.41) is 7.66. The van der Waals surface area contributed by atoms with E-state index in [0.29, 0.717) is 17.1 Å². The average molecular weight is 395 g/mol. The van der Waals surface area contributed by atoms with E-state index in [1.807, 2.05) is 0 Å². The van der Waals surface area contributed by atoms with Gasteiger partial charge in [-0.1, -0.05) is 0 Å². The Bertz CT molecular complexity index is 981. The molecule has 0 radical (unpaired) electrons. The maximum absolute atomic E-state index is 12.5. The third-order valence-corrected chi connectivity index (χ3v) is 3.45. The number of methoxy groups -OCH3 is 2. The molecule has 0 unspecified atom stereocenters. The third kappa shape index (κ3) is 4.03. The van der Waals surface area contributed by atoms with E-state index in [4.69, 9.17) is 13.9 Å². The van der Waals surface area contributed by atoms with Gasteiger partial charge in [-0.25, -0.2) is 9.78 Å². The van der Waals surface area contributed by atoms with E-state index in [0.717, 1.165) is 6.20 Å². The van der Waals surface area contributed by atoms with Gasteiger partial charge < -0.3 is 18.6 Å². The lowest BCUT2D eigenvalue weighted by Crippen LogP contribution is -2.28. The second kappa shape index (κ2) is 7.55. The van der Waals surface area contributed by atoms with Gasteiger partial charge in [0.2, 0.25) is 11.8 Å². The first-order valence-corrected chi connectivity index (χ1v) is 7.63. The summed E-state index contributed by atoms with van der Waals surface area (Å²) >= 11 is 0. The number of hydrogen-bond donors (Lipinski definition) is 0. The smallest absolute Gasteiger partial charge is 0.491 e. The highest BCUT2D eigenvalue weighted by atomic mass is 19.4. The maximum Gasteiger partial charge on any atom is 0.491 e. The van der Waals surface area contributed by atoms with Crippen molar-refractivity contribution in [2.45, 2.75) is 6.18 Å². The van der Waals surface area contributed by atoms with Crippen molar-refractivity contribution >= 4 is 5.97 Å². The van der Waals surface area contributed by atoms with E-state index in [9.17, 15) is 18.0 Å². The minimum Gasteiger partial charge on any atom is -0.497 e. The molecule has 0 atom stereocenters. The minimum atomic E-state index is -5.17. The summed E-state index contributed by atoms with van der Waals surface area (Å²) in [5.41, 5.74) is 0.376. The fourth-order valence-electron chi connectivity index (χ4n) is 2.16. The number of carbonyl (C=O) groups is 1. The average Bonchev–Trinajstić information content (AvgIpc) is 3.17. The molecule has 0 fully saturated rings. The fraction of sp³-hybridized carbons (Fsp3) is 0.176. The van der Waals surface area contributed by atoms with Crippen LogP contribution in [0.5, 0.6) is 17.4 Å². The molecule has 146 valence electrons. The van der Waals surface area contributed by atoms with Crippen LogP contribution in [-0.4, -0.2) is 41.5 Å². The number of rotatable bonds is 5. The predicted molar refractivity (Wildman–Crippen MR) is 87.8 cm³/mol. The Hall–Kier alpha value is -3.63. The van der Waals surface area contributed by atoms with Gasteiger partial charge in [-0.2, -0.15) is 13.2 Å². The number of esters is 1. The SMILES string of the molecule is COc1cc(OC)cc(-c2nnc(-c3cccnc3OC(=O)C(F)(F)F)o2)c1. The monoisotopic (exact) mass is 395 g/mol. The van der Waals surface area contributed by atoms with E-state index in [1.165, 1.54) is 26.4 Å². The lowest BCUT2D eigenvalue weighted by atomic mass is 10.2. The second-order valence-electron chi connectivity index (χ2n) is 5.26.